The number of benzene rings is 3. The van der Waals surface area contributed by atoms with Crippen LogP contribution in [0.15, 0.2) is 66.7 Å². The number of nitrogens with zero attached hydrogens (tertiary/aromatic N) is 2. The van der Waals surface area contributed by atoms with Crippen LogP contribution in [0.4, 0.5) is 11.4 Å². The van der Waals surface area contributed by atoms with Gasteiger partial charge in [-0.1, -0.05) is 30.3 Å². The van der Waals surface area contributed by atoms with Crippen molar-refractivity contribution in [2.75, 3.05) is 57.7 Å². The number of carbonyl (C=O) groups is 2. The number of amides is 2. The molecule has 0 unspecified atom stereocenters. The molecule has 2 amide bonds. The lowest BCUT2D eigenvalue weighted by Crippen LogP contribution is -2.49. The second-order valence-electron chi connectivity index (χ2n) is 8.03. The Morgan fingerprint density at radius 3 is 1.94 bits per heavy atom. The molecular formula is C27H29N3O5. The molecule has 1 fully saturated rings. The molecule has 0 radical (unpaired) electrons. The van der Waals surface area contributed by atoms with Gasteiger partial charge in [0.1, 0.15) is 0 Å². The number of para-hydroxylation sites is 2. The molecule has 3 aromatic rings. The monoisotopic (exact) mass is 475 g/mol. The average molecular weight is 476 g/mol. The van der Waals surface area contributed by atoms with Crippen LogP contribution < -0.4 is 24.4 Å². The van der Waals surface area contributed by atoms with E-state index in [-0.39, 0.29) is 11.8 Å². The zero-order chi connectivity index (χ0) is 24.8. The average Bonchev–Trinajstić information content (AvgIpc) is 2.92. The van der Waals surface area contributed by atoms with Crippen molar-refractivity contribution in [2.24, 2.45) is 0 Å². The van der Waals surface area contributed by atoms with E-state index in [9.17, 15) is 9.59 Å². The summed E-state index contributed by atoms with van der Waals surface area (Å²) >= 11 is 0. The Bertz CT molecular complexity index is 1170. The number of carbonyl (C=O) groups excluding carboxylic acids is 2. The van der Waals surface area contributed by atoms with E-state index in [0.29, 0.717) is 60.2 Å². The third kappa shape index (κ3) is 5.16. The molecule has 1 saturated heterocycles. The fourth-order valence-electron chi connectivity index (χ4n) is 4.18. The van der Waals surface area contributed by atoms with E-state index in [1.54, 1.807) is 12.1 Å². The zero-order valence-corrected chi connectivity index (χ0v) is 20.1. The number of ether oxygens (including phenoxy) is 3. The van der Waals surface area contributed by atoms with Crippen molar-refractivity contribution in [1.82, 2.24) is 4.90 Å². The maximum Gasteiger partial charge on any atom is 0.255 e. The summed E-state index contributed by atoms with van der Waals surface area (Å²) in [6.07, 6.45) is 0. The van der Waals surface area contributed by atoms with E-state index in [4.69, 9.17) is 14.2 Å². The summed E-state index contributed by atoms with van der Waals surface area (Å²) in [5.41, 5.74) is 2.67. The Labute approximate surface area is 205 Å². The van der Waals surface area contributed by atoms with E-state index in [0.717, 1.165) is 5.69 Å². The van der Waals surface area contributed by atoms with Crippen molar-refractivity contribution < 1.29 is 23.8 Å². The van der Waals surface area contributed by atoms with Crippen molar-refractivity contribution in [3.05, 3.63) is 77.9 Å². The summed E-state index contributed by atoms with van der Waals surface area (Å²) in [5.74, 6) is 0.979. The van der Waals surface area contributed by atoms with Crippen LogP contribution in [0.25, 0.3) is 0 Å². The third-order valence-electron chi connectivity index (χ3n) is 6.01. The van der Waals surface area contributed by atoms with Gasteiger partial charge >= 0.3 is 0 Å². The van der Waals surface area contributed by atoms with Gasteiger partial charge in [-0.05, 0) is 36.4 Å². The molecule has 1 N–H and O–H groups in total. The summed E-state index contributed by atoms with van der Waals surface area (Å²) in [5, 5.41) is 3.01. The van der Waals surface area contributed by atoms with Crippen molar-refractivity contribution in [1.29, 1.82) is 0 Å². The van der Waals surface area contributed by atoms with E-state index in [1.165, 1.54) is 21.3 Å². The molecule has 0 saturated carbocycles. The van der Waals surface area contributed by atoms with Crippen LogP contribution >= 0.6 is 0 Å². The number of anilines is 2. The van der Waals surface area contributed by atoms with Crippen molar-refractivity contribution in [3.8, 4) is 17.2 Å². The van der Waals surface area contributed by atoms with Crippen LogP contribution in [0.3, 0.4) is 0 Å². The molecule has 0 aromatic heterocycles. The fourth-order valence-corrected chi connectivity index (χ4v) is 4.18. The topological polar surface area (TPSA) is 80.3 Å². The highest BCUT2D eigenvalue weighted by Gasteiger charge is 2.24. The molecule has 0 bridgehead atoms. The normalized spacial score (nSPS) is 13.2. The molecule has 0 spiro atoms. The Morgan fingerprint density at radius 2 is 1.34 bits per heavy atom. The quantitative estimate of drug-likeness (QED) is 0.558. The molecule has 3 aromatic carbocycles. The van der Waals surface area contributed by atoms with Gasteiger partial charge in [0.25, 0.3) is 11.8 Å². The van der Waals surface area contributed by atoms with Gasteiger partial charge < -0.3 is 29.3 Å². The molecule has 8 nitrogen and oxygen atoms in total. The van der Waals surface area contributed by atoms with Gasteiger partial charge in [-0.2, -0.15) is 0 Å². The Morgan fingerprint density at radius 1 is 0.743 bits per heavy atom. The number of methoxy groups -OCH3 is 3. The predicted molar refractivity (Wildman–Crippen MR) is 135 cm³/mol. The van der Waals surface area contributed by atoms with Crippen molar-refractivity contribution >= 4 is 23.2 Å². The molecule has 35 heavy (non-hydrogen) atoms. The largest absolute Gasteiger partial charge is 0.493 e. The Hall–Kier alpha value is -4.20. The summed E-state index contributed by atoms with van der Waals surface area (Å²) < 4.78 is 16.1. The molecule has 182 valence electrons. The lowest BCUT2D eigenvalue weighted by atomic mass is 10.1. The molecular weight excluding hydrogens is 446 g/mol. The highest BCUT2D eigenvalue weighted by atomic mass is 16.5. The predicted octanol–water partition coefficient (Wildman–Crippen LogP) is 3.93. The number of rotatable bonds is 7. The van der Waals surface area contributed by atoms with E-state index >= 15 is 0 Å². The van der Waals surface area contributed by atoms with Crippen LogP contribution in [-0.2, 0) is 0 Å². The molecule has 0 aliphatic carbocycles. The van der Waals surface area contributed by atoms with E-state index in [1.807, 2.05) is 59.5 Å². The number of hydrogen-bond acceptors (Lipinski definition) is 6. The van der Waals surface area contributed by atoms with Gasteiger partial charge in [0.2, 0.25) is 5.75 Å². The lowest BCUT2D eigenvalue weighted by Gasteiger charge is -2.37. The minimum atomic E-state index is -0.297. The molecule has 0 atom stereocenters. The van der Waals surface area contributed by atoms with Gasteiger partial charge in [-0.25, -0.2) is 0 Å². The molecule has 1 aliphatic heterocycles. The van der Waals surface area contributed by atoms with Gasteiger partial charge in [0.15, 0.2) is 11.5 Å². The van der Waals surface area contributed by atoms with E-state index in [2.05, 4.69) is 10.2 Å². The molecule has 1 aliphatic rings. The highest BCUT2D eigenvalue weighted by Crippen LogP contribution is 2.38. The minimum absolute atomic E-state index is 0.0363. The zero-order valence-electron chi connectivity index (χ0n) is 20.1. The van der Waals surface area contributed by atoms with Crippen LogP contribution in [-0.4, -0.2) is 64.2 Å². The van der Waals surface area contributed by atoms with Crippen LogP contribution in [0.1, 0.15) is 20.7 Å². The smallest absolute Gasteiger partial charge is 0.255 e. The second kappa shape index (κ2) is 10.8. The Balaban J connectivity index is 1.49. The first kappa shape index (κ1) is 23.9. The first-order chi connectivity index (χ1) is 17.0. The van der Waals surface area contributed by atoms with Gasteiger partial charge in [0.05, 0.1) is 32.7 Å². The van der Waals surface area contributed by atoms with Crippen LogP contribution in [0, 0.1) is 0 Å². The van der Waals surface area contributed by atoms with Crippen LogP contribution in [0.5, 0.6) is 17.2 Å². The second-order valence-corrected chi connectivity index (χ2v) is 8.03. The first-order valence-electron chi connectivity index (χ1n) is 11.4. The maximum atomic E-state index is 13.1. The number of piperazine rings is 1. The molecule has 1 heterocycles. The number of nitrogens with one attached hydrogen (secondary N) is 1. The van der Waals surface area contributed by atoms with Crippen LogP contribution in [0.2, 0.25) is 0 Å². The lowest BCUT2D eigenvalue weighted by molar-refractivity contribution is 0.0746. The number of hydrogen-bond donors (Lipinski definition) is 1. The summed E-state index contributed by atoms with van der Waals surface area (Å²) in [7, 11) is 4.54. The fraction of sp³-hybridized carbons (Fsp3) is 0.259. The minimum Gasteiger partial charge on any atom is -0.493 e. The first-order valence-corrected chi connectivity index (χ1v) is 11.4. The highest BCUT2D eigenvalue weighted by molar-refractivity contribution is 6.06. The summed E-state index contributed by atoms with van der Waals surface area (Å²) in [6, 6.07) is 20.2. The van der Waals surface area contributed by atoms with Gasteiger partial charge in [-0.3, -0.25) is 9.59 Å². The third-order valence-corrected chi connectivity index (χ3v) is 6.01. The van der Waals surface area contributed by atoms with Gasteiger partial charge in [0, 0.05) is 37.3 Å². The standard InChI is InChI=1S/C27H29N3O5/c1-33-23-17-20(18-24(34-2)25(23)35-3)26(31)28-21-11-7-8-12-22(21)29-13-15-30(16-14-29)27(32)19-9-5-4-6-10-19/h4-12,17-18H,13-16H2,1-3H3,(H,28,31). The van der Waals surface area contributed by atoms with Crippen molar-refractivity contribution in [2.45, 2.75) is 0 Å². The molecule has 8 heteroatoms. The Kier molecular flexibility index (Phi) is 7.40. The van der Waals surface area contributed by atoms with Gasteiger partial charge in [-0.15, -0.1) is 0 Å². The summed E-state index contributed by atoms with van der Waals surface area (Å²) in [4.78, 5) is 30.0. The van der Waals surface area contributed by atoms with E-state index < -0.39 is 0 Å². The summed E-state index contributed by atoms with van der Waals surface area (Å²) in [6.45, 7) is 2.52. The molecule has 4 rings (SSSR count). The van der Waals surface area contributed by atoms with Crippen molar-refractivity contribution in [3.63, 3.8) is 0 Å². The maximum absolute atomic E-state index is 13.1. The SMILES string of the molecule is COc1cc(C(=O)Nc2ccccc2N2CCN(C(=O)c3ccccc3)CC2)cc(OC)c1OC.